The van der Waals surface area contributed by atoms with Crippen molar-refractivity contribution in [2.24, 2.45) is 5.41 Å². The summed E-state index contributed by atoms with van der Waals surface area (Å²) in [5.74, 6) is -0.163. The number of anilines is 2. The van der Waals surface area contributed by atoms with Crippen LogP contribution in [0.15, 0.2) is 95.7 Å². The number of aryl methyl sites for hydroxylation is 1. The second-order valence-electron chi connectivity index (χ2n) is 16.4. The standard InChI is InChI=1S/C45H51ClN6O6S/c1-30-22-38(9-11-41(30)48-27-37-29-56-20-21-57-37)59(54,55)50-44(53)39-10-8-35(24-42(39)58-36-23-32-13-15-47-43(32)49-26-36)52-18-16-51(17-19-52)28-33-12-14-45(2,3)25-40(33)31-4-6-34(46)7-5-31/h4-11,13,15,22-24,26,37,48H,12,14,16-21,25,27-29H2,1-3H3,(H,47,49)(H,50,53)/t37-/m1/s1. The van der Waals surface area contributed by atoms with Crippen molar-refractivity contribution in [1.29, 1.82) is 0 Å². The van der Waals surface area contributed by atoms with Crippen LogP contribution in [-0.4, -0.2) is 94.4 Å². The highest BCUT2D eigenvalue weighted by Gasteiger charge is 2.30. The number of allylic oxidation sites excluding steroid dienone is 1. The lowest BCUT2D eigenvalue weighted by Gasteiger charge is -2.39. The molecule has 2 aromatic heterocycles. The number of H-pyrrole nitrogens is 1. The van der Waals surface area contributed by atoms with Crippen LogP contribution in [0.3, 0.4) is 0 Å². The maximum atomic E-state index is 13.9. The molecule has 0 spiro atoms. The maximum absolute atomic E-state index is 13.9. The highest BCUT2D eigenvalue weighted by atomic mass is 35.5. The van der Waals surface area contributed by atoms with E-state index in [1.807, 2.05) is 43.3 Å². The number of carbonyl (C=O) groups is 1. The van der Waals surface area contributed by atoms with Crippen LogP contribution in [0.4, 0.5) is 11.4 Å². The smallest absolute Gasteiger partial charge is 0.268 e. The summed E-state index contributed by atoms with van der Waals surface area (Å²) in [5, 5.41) is 4.89. The van der Waals surface area contributed by atoms with Crippen molar-refractivity contribution in [1.82, 2.24) is 19.6 Å². The predicted molar refractivity (Wildman–Crippen MR) is 232 cm³/mol. The first kappa shape index (κ1) is 40.8. The van der Waals surface area contributed by atoms with Gasteiger partial charge < -0.3 is 29.4 Å². The lowest BCUT2D eigenvalue weighted by atomic mass is 9.72. The van der Waals surface area contributed by atoms with Crippen LogP contribution >= 0.6 is 11.6 Å². The number of pyridine rings is 1. The number of aromatic amines is 1. The number of nitrogens with zero attached hydrogens (tertiary/aromatic N) is 3. The van der Waals surface area contributed by atoms with E-state index >= 15 is 0 Å². The predicted octanol–water partition coefficient (Wildman–Crippen LogP) is 8.05. The van der Waals surface area contributed by atoms with Crippen LogP contribution in [0.25, 0.3) is 16.6 Å². The number of sulfonamides is 1. The molecule has 5 aromatic rings. The lowest BCUT2D eigenvalue weighted by Crippen LogP contribution is -2.47. The number of nitrogens with one attached hydrogen (secondary N) is 3. The van der Waals surface area contributed by atoms with E-state index in [1.165, 1.54) is 28.8 Å². The van der Waals surface area contributed by atoms with E-state index in [0.29, 0.717) is 43.3 Å². The van der Waals surface area contributed by atoms with E-state index in [1.54, 1.807) is 24.5 Å². The molecule has 8 rings (SSSR count). The largest absolute Gasteiger partial charge is 0.455 e. The van der Waals surface area contributed by atoms with Gasteiger partial charge in [-0.1, -0.05) is 43.2 Å². The minimum Gasteiger partial charge on any atom is -0.455 e. The Kier molecular flexibility index (Phi) is 12.0. The molecular weight excluding hydrogens is 788 g/mol. The summed E-state index contributed by atoms with van der Waals surface area (Å²) in [7, 11) is -4.24. The van der Waals surface area contributed by atoms with Crippen molar-refractivity contribution < 1.29 is 27.4 Å². The third-order valence-electron chi connectivity index (χ3n) is 11.5. The molecule has 0 radical (unpaired) electrons. The third kappa shape index (κ3) is 9.77. The fourth-order valence-corrected chi connectivity index (χ4v) is 9.27. The number of hydrogen-bond acceptors (Lipinski definition) is 10. The molecule has 0 unspecified atom stereocenters. The third-order valence-corrected chi connectivity index (χ3v) is 13.1. The molecule has 1 atom stereocenters. The van der Waals surface area contributed by atoms with Crippen molar-refractivity contribution in [2.45, 2.75) is 51.0 Å². The van der Waals surface area contributed by atoms with Gasteiger partial charge in [-0.05, 0) is 103 Å². The summed E-state index contributed by atoms with van der Waals surface area (Å²) in [4.78, 5) is 26.2. The Morgan fingerprint density at radius 3 is 2.59 bits per heavy atom. The molecule has 2 aliphatic heterocycles. The van der Waals surface area contributed by atoms with Gasteiger partial charge >= 0.3 is 0 Å². The Bertz CT molecular complexity index is 2450. The zero-order valence-electron chi connectivity index (χ0n) is 33.7. The van der Waals surface area contributed by atoms with E-state index in [4.69, 9.17) is 25.8 Å². The van der Waals surface area contributed by atoms with Gasteiger partial charge in [-0.3, -0.25) is 9.69 Å². The Balaban J connectivity index is 0.986. The van der Waals surface area contributed by atoms with Gasteiger partial charge in [-0.25, -0.2) is 18.1 Å². The van der Waals surface area contributed by atoms with Gasteiger partial charge in [0.25, 0.3) is 15.9 Å². The van der Waals surface area contributed by atoms with Gasteiger partial charge in [0.15, 0.2) is 0 Å². The van der Waals surface area contributed by atoms with E-state index in [-0.39, 0.29) is 27.7 Å². The summed E-state index contributed by atoms with van der Waals surface area (Å²) in [6.07, 6.45) is 6.55. The second kappa shape index (κ2) is 17.4. The van der Waals surface area contributed by atoms with Crippen molar-refractivity contribution in [3.63, 3.8) is 0 Å². The number of carbonyl (C=O) groups excluding carboxylic acids is 1. The number of fused-ring (bicyclic) bond motifs is 1. The monoisotopic (exact) mass is 838 g/mol. The highest BCUT2D eigenvalue weighted by Crippen LogP contribution is 2.43. The number of piperazine rings is 1. The highest BCUT2D eigenvalue weighted by molar-refractivity contribution is 7.90. The summed E-state index contributed by atoms with van der Waals surface area (Å²) in [5.41, 5.74) is 7.56. The summed E-state index contributed by atoms with van der Waals surface area (Å²) < 4.78 is 47.1. The van der Waals surface area contributed by atoms with Gasteiger partial charge in [0.05, 0.1) is 42.6 Å². The first-order valence-electron chi connectivity index (χ1n) is 20.2. The fourth-order valence-electron chi connectivity index (χ4n) is 8.10. The zero-order chi connectivity index (χ0) is 41.1. The van der Waals surface area contributed by atoms with Gasteiger partial charge in [0.1, 0.15) is 17.1 Å². The number of rotatable bonds is 12. The molecular formula is C45H51ClN6O6S. The van der Waals surface area contributed by atoms with E-state index in [0.717, 1.165) is 73.8 Å². The first-order valence-corrected chi connectivity index (χ1v) is 22.1. The van der Waals surface area contributed by atoms with Crippen LogP contribution < -0.4 is 19.7 Å². The average molecular weight is 839 g/mol. The number of ether oxygens (including phenoxy) is 3. The Morgan fingerprint density at radius 2 is 1.83 bits per heavy atom. The average Bonchev–Trinajstić information content (AvgIpc) is 3.70. The van der Waals surface area contributed by atoms with E-state index < -0.39 is 15.9 Å². The SMILES string of the molecule is Cc1cc(S(=O)(=O)NC(=O)c2ccc(N3CCN(CC4=C(c5ccc(Cl)cc5)CC(C)(C)CC4)CC3)cc2Oc2cnc3[nH]ccc3c2)ccc1NC[C@@H]1COCCO1. The number of benzene rings is 3. The van der Waals surface area contributed by atoms with Crippen LogP contribution in [0.5, 0.6) is 11.5 Å². The maximum Gasteiger partial charge on any atom is 0.268 e. The molecule has 3 N–H and O–H groups in total. The minimum absolute atomic E-state index is 0.0294. The van der Waals surface area contributed by atoms with Crippen molar-refractivity contribution in [2.75, 3.05) is 69.3 Å². The molecule has 3 aromatic carbocycles. The van der Waals surface area contributed by atoms with Gasteiger partial charge in [-0.2, -0.15) is 0 Å². The van der Waals surface area contributed by atoms with Gasteiger partial charge in [0.2, 0.25) is 0 Å². The first-order chi connectivity index (χ1) is 28.4. The molecule has 14 heteroatoms. The topological polar surface area (TPSA) is 138 Å². The number of aromatic nitrogens is 2. The Labute approximate surface area is 350 Å². The quantitative estimate of drug-likeness (QED) is 0.113. The summed E-state index contributed by atoms with van der Waals surface area (Å²) >= 11 is 6.25. The van der Waals surface area contributed by atoms with E-state index in [2.05, 4.69) is 55.8 Å². The van der Waals surface area contributed by atoms with E-state index in [9.17, 15) is 13.2 Å². The van der Waals surface area contributed by atoms with Crippen molar-refractivity contribution in [3.8, 4) is 11.5 Å². The molecule has 0 saturated carbocycles. The number of halogens is 1. The molecule has 12 nitrogen and oxygen atoms in total. The summed E-state index contributed by atoms with van der Waals surface area (Å²) in [6, 6.07) is 22.0. The molecule has 2 saturated heterocycles. The zero-order valence-corrected chi connectivity index (χ0v) is 35.3. The molecule has 310 valence electrons. The van der Waals surface area contributed by atoms with Crippen molar-refractivity contribution in [3.05, 3.63) is 112 Å². The Hall–Kier alpha value is -4.92. The number of amides is 1. The van der Waals surface area contributed by atoms with Crippen LogP contribution in [0.2, 0.25) is 5.02 Å². The fraction of sp³-hybridized carbons (Fsp3) is 0.378. The van der Waals surface area contributed by atoms with Crippen LogP contribution in [0.1, 0.15) is 54.6 Å². The molecule has 1 amide bonds. The van der Waals surface area contributed by atoms with Gasteiger partial charge in [-0.15, -0.1) is 0 Å². The Morgan fingerprint density at radius 1 is 1.02 bits per heavy atom. The van der Waals surface area contributed by atoms with Crippen molar-refractivity contribution >= 4 is 55.5 Å². The number of hydrogen-bond donors (Lipinski definition) is 3. The molecule has 4 heterocycles. The molecule has 2 fully saturated rings. The minimum atomic E-state index is -4.24. The lowest BCUT2D eigenvalue weighted by molar-refractivity contribution is -0.0818. The second-order valence-corrected chi connectivity index (χ2v) is 18.5. The van der Waals surface area contributed by atoms with Crippen LogP contribution in [0, 0.1) is 12.3 Å². The normalized spacial score (nSPS) is 18.8. The van der Waals surface area contributed by atoms with Crippen LogP contribution in [-0.2, 0) is 19.5 Å². The van der Waals surface area contributed by atoms with Gasteiger partial charge in [0, 0.05) is 73.3 Å². The summed E-state index contributed by atoms with van der Waals surface area (Å²) in [6.45, 7) is 12.8. The molecule has 3 aliphatic rings. The molecule has 1 aliphatic carbocycles. The molecule has 59 heavy (non-hydrogen) atoms. The molecule has 0 bridgehead atoms.